The van der Waals surface area contributed by atoms with Crippen LogP contribution < -0.4 is 14.8 Å². The third-order valence-electron chi connectivity index (χ3n) is 5.18. The maximum absolute atomic E-state index is 13.2. The van der Waals surface area contributed by atoms with E-state index >= 15 is 0 Å². The van der Waals surface area contributed by atoms with Crippen molar-refractivity contribution in [2.45, 2.75) is 13.5 Å². The Bertz CT molecular complexity index is 1350. The Balaban J connectivity index is 1.43. The molecule has 0 atom stereocenters. The van der Waals surface area contributed by atoms with E-state index in [-0.39, 0.29) is 24.0 Å². The number of hydrogen-bond donors (Lipinski definition) is 1. The highest BCUT2D eigenvalue weighted by Gasteiger charge is 2.35. The quantitative estimate of drug-likeness (QED) is 0.329. The van der Waals surface area contributed by atoms with Crippen LogP contribution in [0.2, 0.25) is 5.02 Å². The first-order valence-electron chi connectivity index (χ1n) is 11.3. The minimum atomic E-state index is -0.434. The molecule has 0 spiro atoms. The first-order valence-corrected chi connectivity index (χ1v) is 12.5. The number of ether oxygens (including phenoxy) is 2. The summed E-state index contributed by atoms with van der Waals surface area (Å²) in [7, 11) is 0. The van der Waals surface area contributed by atoms with Crippen LogP contribution in [0, 0.1) is 5.82 Å². The molecule has 3 aromatic rings. The van der Waals surface area contributed by atoms with E-state index in [0.717, 1.165) is 16.7 Å². The molecule has 4 rings (SSSR count). The Labute approximate surface area is 222 Å². The number of carbonyl (C=O) groups excluding carboxylic acids is 3. The molecule has 1 N–H and O–H groups in total. The second-order valence-electron chi connectivity index (χ2n) is 7.88. The monoisotopic (exact) mass is 540 g/mol. The highest BCUT2D eigenvalue weighted by molar-refractivity contribution is 8.18. The van der Waals surface area contributed by atoms with Crippen molar-refractivity contribution in [3.8, 4) is 11.5 Å². The number of halogens is 2. The molecular formula is C27H22ClFN2O5S. The summed E-state index contributed by atoms with van der Waals surface area (Å²) in [5, 5.41) is 2.87. The zero-order valence-electron chi connectivity index (χ0n) is 19.7. The average molecular weight is 541 g/mol. The van der Waals surface area contributed by atoms with Crippen LogP contribution in [0.1, 0.15) is 18.1 Å². The zero-order valence-corrected chi connectivity index (χ0v) is 21.3. The Hall–Kier alpha value is -3.82. The van der Waals surface area contributed by atoms with Crippen molar-refractivity contribution in [3.63, 3.8) is 0 Å². The predicted molar refractivity (Wildman–Crippen MR) is 141 cm³/mol. The van der Waals surface area contributed by atoms with Gasteiger partial charge < -0.3 is 14.8 Å². The molecule has 3 amide bonds. The van der Waals surface area contributed by atoms with E-state index in [2.05, 4.69) is 5.32 Å². The lowest BCUT2D eigenvalue weighted by molar-refractivity contribution is -0.123. The van der Waals surface area contributed by atoms with Crippen LogP contribution in [0.4, 0.5) is 14.9 Å². The average Bonchev–Trinajstić information content (AvgIpc) is 3.13. The van der Waals surface area contributed by atoms with Crippen LogP contribution in [-0.4, -0.2) is 35.2 Å². The second-order valence-corrected chi connectivity index (χ2v) is 9.31. The SMILES string of the molecule is CCOc1cc(/C=C2\SC(=O)N(Cc3ccc(F)cc3)C2=O)ccc1OCC(=O)Nc1ccc(Cl)cc1. The van der Waals surface area contributed by atoms with E-state index in [1.807, 2.05) is 6.92 Å². The van der Waals surface area contributed by atoms with Gasteiger partial charge in [-0.25, -0.2) is 4.39 Å². The van der Waals surface area contributed by atoms with Crippen molar-refractivity contribution in [1.82, 2.24) is 4.90 Å². The number of rotatable bonds is 9. The number of amides is 3. The molecule has 7 nitrogen and oxygen atoms in total. The van der Waals surface area contributed by atoms with E-state index in [1.54, 1.807) is 48.5 Å². The van der Waals surface area contributed by atoms with E-state index < -0.39 is 17.0 Å². The number of imide groups is 1. The van der Waals surface area contributed by atoms with Gasteiger partial charge in [0.1, 0.15) is 5.82 Å². The Morgan fingerprint density at radius 1 is 1.03 bits per heavy atom. The van der Waals surface area contributed by atoms with E-state index in [4.69, 9.17) is 21.1 Å². The lowest BCUT2D eigenvalue weighted by Crippen LogP contribution is -2.27. The van der Waals surface area contributed by atoms with Gasteiger partial charge in [0.2, 0.25) is 0 Å². The van der Waals surface area contributed by atoms with Gasteiger partial charge in [-0.05, 0) is 84.4 Å². The largest absolute Gasteiger partial charge is 0.490 e. The van der Waals surface area contributed by atoms with Crippen LogP contribution in [-0.2, 0) is 16.1 Å². The summed E-state index contributed by atoms with van der Waals surface area (Å²) < 4.78 is 24.5. The summed E-state index contributed by atoms with van der Waals surface area (Å²) in [6.45, 7) is 1.97. The minimum absolute atomic E-state index is 0.0529. The van der Waals surface area contributed by atoms with Gasteiger partial charge in [-0.2, -0.15) is 0 Å². The number of benzene rings is 3. The maximum Gasteiger partial charge on any atom is 0.293 e. The molecule has 0 unspecified atom stereocenters. The Morgan fingerprint density at radius 3 is 2.46 bits per heavy atom. The van der Waals surface area contributed by atoms with Crippen LogP contribution in [0.15, 0.2) is 71.6 Å². The van der Waals surface area contributed by atoms with Gasteiger partial charge in [-0.1, -0.05) is 29.8 Å². The maximum atomic E-state index is 13.2. The number of nitrogens with zero attached hydrogens (tertiary/aromatic N) is 1. The fourth-order valence-corrected chi connectivity index (χ4v) is 4.40. The fourth-order valence-electron chi connectivity index (χ4n) is 3.44. The second kappa shape index (κ2) is 11.9. The first kappa shape index (κ1) is 26.2. The first-order chi connectivity index (χ1) is 17.8. The van der Waals surface area contributed by atoms with Crippen LogP contribution in [0.5, 0.6) is 11.5 Å². The molecule has 1 aliphatic rings. The predicted octanol–water partition coefficient (Wildman–Crippen LogP) is 6.13. The summed E-state index contributed by atoms with van der Waals surface area (Å²) in [6.07, 6.45) is 1.59. The van der Waals surface area contributed by atoms with Crippen molar-refractivity contribution < 1.29 is 28.2 Å². The highest BCUT2D eigenvalue weighted by Crippen LogP contribution is 2.35. The molecule has 1 fully saturated rings. The summed E-state index contributed by atoms with van der Waals surface area (Å²) in [4.78, 5) is 38.9. The number of anilines is 1. The summed E-state index contributed by atoms with van der Waals surface area (Å²) in [6, 6.07) is 17.3. The van der Waals surface area contributed by atoms with Gasteiger partial charge in [0.15, 0.2) is 18.1 Å². The molecule has 37 heavy (non-hydrogen) atoms. The van der Waals surface area contributed by atoms with Crippen LogP contribution >= 0.6 is 23.4 Å². The topological polar surface area (TPSA) is 84.9 Å². The molecule has 1 saturated heterocycles. The standard InChI is InChI=1S/C27H22ClFN2O5S/c1-2-35-23-13-18(5-12-22(23)36-16-25(32)30-21-10-6-19(28)7-11-21)14-24-26(33)31(27(34)37-24)15-17-3-8-20(29)9-4-17/h3-14H,2,15-16H2,1H3,(H,30,32)/b24-14-. The van der Waals surface area contributed by atoms with Gasteiger partial charge in [0.25, 0.3) is 17.1 Å². The van der Waals surface area contributed by atoms with Gasteiger partial charge in [0.05, 0.1) is 18.1 Å². The zero-order chi connectivity index (χ0) is 26.4. The molecule has 1 aliphatic heterocycles. The smallest absolute Gasteiger partial charge is 0.293 e. The molecule has 10 heteroatoms. The highest BCUT2D eigenvalue weighted by atomic mass is 35.5. The van der Waals surface area contributed by atoms with Crippen LogP contribution in [0.3, 0.4) is 0 Å². The molecule has 3 aromatic carbocycles. The molecular weight excluding hydrogens is 519 g/mol. The van der Waals surface area contributed by atoms with Gasteiger partial charge in [-0.3, -0.25) is 19.3 Å². The summed E-state index contributed by atoms with van der Waals surface area (Å²) in [5.41, 5.74) is 1.85. The molecule has 1 heterocycles. The van der Waals surface area contributed by atoms with Crippen molar-refractivity contribution in [1.29, 1.82) is 0 Å². The Kier molecular flexibility index (Phi) is 8.47. The van der Waals surface area contributed by atoms with Crippen LogP contribution in [0.25, 0.3) is 6.08 Å². The van der Waals surface area contributed by atoms with Crippen molar-refractivity contribution >= 4 is 52.2 Å². The normalized spacial score (nSPS) is 14.2. The molecule has 0 radical (unpaired) electrons. The summed E-state index contributed by atoms with van der Waals surface area (Å²) >= 11 is 6.69. The molecule has 0 saturated carbocycles. The number of thioether (sulfide) groups is 1. The van der Waals surface area contributed by atoms with E-state index in [9.17, 15) is 18.8 Å². The number of nitrogens with one attached hydrogen (secondary N) is 1. The lowest BCUT2D eigenvalue weighted by Gasteiger charge is -2.13. The third-order valence-corrected chi connectivity index (χ3v) is 6.34. The Morgan fingerprint density at radius 2 is 1.76 bits per heavy atom. The fraction of sp³-hybridized carbons (Fsp3) is 0.148. The van der Waals surface area contributed by atoms with Crippen molar-refractivity contribution in [2.75, 3.05) is 18.5 Å². The van der Waals surface area contributed by atoms with Gasteiger partial charge >= 0.3 is 0 Å². The third kappa shape index (κ3) is 6.90. The summed E-state index contributed by atoms with van der Waals surface area (Å²) in [5.74, 6) is -0.437. The van der Waals surface area contributed by atoms with Crippen molar-refractivity contribution in [3.05, 3.63) is 93.6 Å². The van der Waals surface area contributed by atoms with Gasteiger partial charge in [0, 0.05) is 10.7 Å². The molecule has 0 aromatic heterocycles. The number of carbonyl (C=O) groups is 3. The van der Waals surface area contributed by atoms with Gasteiger partial charge in [-0.15, -0.1) is 0 Å². The molecule has 0 aliphatic carbocycles. The molecule has 0 bridgehead atoms. The van der Waals surface area contributed by atoms with Crippen molar-refractivity contribution in [2.24, 2.45) is 0 Å². The lowest BCUT2D eigenvalue weighted by atomic mass is 10.1. The molecule has 190 valence electrons. The van der Waals surface area contributed by atoms with E-state index in [1.165, 1.54) is 24.3 Å². The minimum Gasteiger partial charge on any atom is -0.490 e. The number of hydrogen-bond acceptors (Lipinski definition) is 6. The van der Waals surface area contributed by atoms with E-state index in [0.29, 0.717) is 39.9 Å².